The summed E-state index contributed by atoms with van der Waals surface area (Å²) in [6.07, 6.45) is 2.67. The molecule has 0 radical (unpaired) electrons. The van der Waals surface area contributed by atoms with Gasteiger partial charge in [0, 0.05) is 0 Å². The van der Waals surface area contributed by atoms with Crippen molar-refractivity contribution in [2.24, 2.45) is 5.92 Å². The van der Waals surface area contributed by atoms with E-state index in [-0.39, 0.29) is 5.92 Å². The Hall–Kier alpha value is -0.630. The first-order chi connectivity index (χ1) is 5.57. The summed E-state index contributed by atoms with van der Waals surface area (Å²) in [6, 6.07) is 0. The van der Waals surface area contributed by atoms with E-state index in [9.17, 15) is 4.79 Å². The van der Waals surface area contributed by atoms with Gasteiger partial charge in [-0.3, -0.25) is 0 Å². The van der Waals surface area contributed by atoms with Crippen LogP contribution in [-0.2, 0) is 4.79 Å². The SMILES string of the molecule is C=C(C)CCC[C@H](C)[C@@H](O)C=O. The summed E-state index contributed by atoms with van der Waals surface area (Å²) in [7, 11) is 0. The van der Waals surface area contributed by atoms with E-state index in [1.165, 1.54) is 0 Å². The maximum absolute atomic E-state index is 10.2. The van der Waals surface area contributed by atoms with Gasteiger partial charge < -0.3 is 9.90 Å². The van der Waals surface area contributed by atoms with Gasteiger partial charge >= 0.3 is 0 Å². The first-order valence-electron chi connectivity index (χ1n) is 4.35. The highest BCUT2D eigenvalue weighted by Gasteiger charge is 2.11. The van der Waals surface area contributed by atoms with E-state index >= 15 is 0 Å². The molecule has 0 rings (SSSR count). The van der Waals surface area contributed by atoms with E-state index < -0.39 is 6.10 Å². The molecule has 0 amide bonds. The molecule has 2 heteroatoms. The number of aliphatic hydroxyl groups excluding tert-OH is 1. The quantitative estimate of drug-likeness (QED) is 0.488. The van der Waals surface area contributed by atoms with Crippen molar-refractivity contribution in [1.82, 2.24) is 0 Å². The largest absolute Gasteiger partial charge is 0.385 e. The normalized spacial score (nSPS) is 15.2. The maximum Gasteiger partial charge on any atom is 0.148 e. The van der Waals surface area contributed by atoms with Gasteiger partial charge in [0.2, 0.25) is 0 Å². The van der Waals surface area contributed by atoms with Crippen LogP contribution in [0.2, 0.25) is 0 Å². The van der Waals surface area contributed by atoms with E-state index in [1.54, 1.807) is 0 Å². The fraction of sp³-hybridized carbons (Fsp3) is 0.700. The average Bonchev–Trinajstić information content (AvgIpc) is 2.02. The van der Waals surface area contributed by atoms with Crippen LogP contribution < -0.4 is 0 Å². The van der Waals surface area contributed by atoms with Crippen molar-refractivity contribution < 1.29 is 9.90 Å². The summed E-state index contributed by atoms with van der Waals surface area (Å²) < 4.78 is 0. The molecule has 0 heterocycles. The minimum atomic E-state index is -0.796. The lowest BCUT2D eigenvalue weighted by Crippen LogP contribution is -2.18. The molecule has 0 aliphatic carbocycles. The highest BCUT2D eigenvalue weighted by Crippen LogP contribution is 2.13. The summed E-state index contributed by atoms with van der Waals surface area (Å²) in [5.74, 6) is 0.0712. The molecule has 1 N–H and O–H groups in total. The maximum atomic E-state index is 10.2. The lowest BCUT2D eigenvalue weighted by atomic mass is 9.98. The highest BCUT2D eigenvalue weighted by atomic mass is 16.3. The van der Waals surface area contributed by atoms with Crippen molar-refractivity contribution in [1.29, 1.82) is 0 Å². The predicted octanol–water partition coefficient (Wildman–Crippen LogP) is 1.93. The van der Waals surface area contributed by atoms with Crippen molar-refractivity contribution in [3.05, 3.63) is 12.2 Å². The molecule has 0 aromatic carbocycles. The summed E-state index contributed by atoms with van der Waals surface area (Å²) in [6.45, 7) is 7.66. The zero-order valence-electron chi connectivity index (χ0n) is 7.92. The first-order valence-corrected chi connectivity index (χ1v) is 4.35. The number of aliphatic hydroxyl groups is 1. The summed E-state index contributed by atoms with van der Waals surface area (Å²) in [4.78, 5) is 10.2. The second kappa shape index (κ2) is 5.95. The third kappa shape index (κ3) is 5.08. The van der Waals surface area contributed by atoms with Gasteiger partial charge in [-0.05, 0) is 32.1 Å². The molecular formula is C10H18O2. The van der Waals surface area contributed by atoms with Gasteiger partial charge in [0.05, 0.1) is 0 Å². The number of hydrogen-bond acceptors (Lipinski definition) is 2. The van der Waals surface area contributed by atoms with Gasteiger partial charge in [-0.25, -0.2) is 0 Å². The fourth-order valence-electron chi connectivity index (χ4n) is 1.03. The van der Waals surface area contributed by atoms with Gasteiger partial charge in [-0.2, -0.15) is 0 Å². The molecule has 12 heavy (non-hydrogen) atoms. The van der Waals surface area contributed by atoms with Gasteiger partial charge in [-0.15, -0.1) is 6.58 Å². The average molecular weight is 170 g/mol. The third-order valence-corrected chi connectivity index (χ3v) is 1.99. The van der Waals surface area contributed by atoms with Crippen molar-refractivity contribution in [3.63, 3.8) is 0 Å². The standard InChI is InChI=1S/C10H18O2/c1-8(2)5-4-6-9(3)10(12)7-11/h7,9-10,12H,1,4-6H2,2-3H3/t9-,10-/m0/s1. The molecule has 0 aromatic heterocycles. The molecule has 0 saturated carbocycles. The van der Waals surface area contributed by atoms with Crippen LogP contribution in [0.4, 0.5) is 0 Å². The molecule has 2 atom stereocenters. The van der Waals surface area contributed by atoms with Crippen LogP contribution in [0.25, 0.3) is 0 Å². The number of aldehydes is 1. The summed E-state index contributed by atoms with van der Waals surface area (Å²) >= 11 is 0. The molecular weight excluding hydrogens is 152 g/mol. The Bertz CT molecular complexity index is 152. The molecule has 0 saturated heterocycles. The van der Waals surface area contributed by atoms with Crippen molar-refractivity contribution in [3.8, 4) is 0 Å². The molecule has 0 aliphatic rings. The van der Waals surface area contributed by atoms with Crippen molar-refractivity contribution in [2.45, 2.75) is 39.2 Å². The van der Waals surface area contributed by atoms with E-state index in [4.69, 9.17) is 5.11 Å². The minimum absolute atomic E-state index is 0.0712. The smallest absolute Gasteiger partial charge is 0.148 e. The van der Waals surface area contributed by atoms with Crippen LogP contribution in [0, 0.1) is 5.92 Å². The molecule has 0 aromatic rings. The van der Waals surface area contributed by atoms with Gasteiger partial charge in [0.25, 0.3) is 0 Å². The lowest BCUT2D eigenvalue weighted by molar-refractivity contribution is -0.117. The Kier molecular flexibility index (Phi) is 5.64. The Morgan fingerprint density at radius 2 is 2.25 bits per heavy atom. The van der Waals surface area contributed by atoms with E-state index in [0.717, 1.165) is 24.8 Å². The van der Waals surface area contributed by atoms with Crippen LogP contribution in [0.1, 0.15) is 33.1 Å². The monoisotopic (exact) mass is 170 g/mol. The van der Waals surface area contributed by atoms with E-state index in [1.807, 2.05) is 13.8 Å². The number of rotatable bonds is 6. The summed E-state index contributed by atoms with van der Waals surface area (Å²) in [5.41, 5.74) is 1.16. The number of hydrogen-bond donors (Lipinski definition) is 1. The minimum Gasteiger partial charge on any atom is -0.385 e. The molecule has 70 valence electrons. The van der Waals surface area contributed by atoms with Crippen molar-refractivity contribution >= 4 is 6.29 Å². The summed E-state index contributed by atoms with van der Waals surface area (Å²) in [5, 5.41) is 9.10. The van der Waals surface area contributed by atoms with Crippen molar-refractivity contribution in [2.75, 3.05) is 0 Å². The second-order valence-corrected chi connectivity index (χ2v) is 3.45. The Labute approximate surface area is 74.3 Å². The number of carbonyl (C=O) groups excluding carboxylic acids is 1. The Morgan fingerprint density at radius 1 is 1.67 bits per heavy atom. The zero-order valence-corrected chi connectivity index (χ0v) is 7.92. The Morgan fingerprint density at radius 3 is 2.67 bits per heavy atom. The van der Waals surface area contributed by atoms with E-state index in [0.29, 0.717) is 6.29 Å². The van der Waals surface area contributed by atoms with E-state index in [2.05, 4.69) is 6.58 Å². The topological polar surface area (TPSA) is 37.3 Å². The first kappa shape index (κ1) is 11.4. The molecule has 0 bridgehead atoms. The van der Waals surface area contributed by atoms with Crippen LogP contribution in [0.3, 0.4) is 0 Å². The molecule has 0 spiro atoms. The van der Waals surface area contributed by atoms with Crippen LogP contribution in [0.15, 0.2) is 12.2 Å². The number of carbonyl (C=O) groups is 1. The molecule has 2 nitrogen and oxygen atoms in total. The lowest BCUT2D eigenvalue weighted by Gasteiger charge is -2.12. The molecule has 0 aliphatic heterocycles. The van der Waals surface area contributed by atoms with Crippen LogP contribution in [-0.4, -0.2) is 17.5 Å². The fourth-order valence-corrected chi connectivity index (χ4v) is 1.03. The molecule has 0 fully saturated rings. The number of allylic oxidation sites excluding steroid dienone is 1. The third-order valence-electron chi connectivity index (χ3n) is 1.99. The Balaban J connectivity index is 3.49. The predicted molar refractivity (Wildman–Crippen MR) is 49.9 cm³/mol. The van der Waals surface area contributed by atoms with Gasteiger partial charge in [0.15, 0.2) is 0 Å². The van der Waals surface area contributed by atoms with Gasteiger partial charge in [0.1, 0.15) is 12.4 Å². The zero-order chi connectivity index (χ0) is 9.56. The molecule has 0 unspecified atom stereocenters. The van der Waals surface area contributed by atoms with Gasteiger partial charge in [-0.1, -0.05) is 12.5 Å². The van der Waals surface area contributed by atoms with Crippen LogP contribution >= 0.6 is 0 Å². The van der Waals surface area contributed by atoms with Crippen LogP contribution in [0.5, 0.6) is 0 Å². The highest BCUT2D eigenvalue weighted by molar-refractivity contribution is 5.55. The second-order valence-electron chi connectivity index (χ2n) is 3.45.